The van der Waals surface area contributed by atoms with Crippen molar-refractivity contribution in [2.75, 3.05) is 25.0 Å². The van der Waals surface area contributed by atoms with Crippen LogP contribution in [-0.2, 0) is 16.0 Å². The highest BCUT2D eigenvalue weighted by Crippen LogP contribution is 2.26. The smallest absolute Gasteiger partial charge is 0.229 e. The first kappa shape index (κ1) is 20.9. The number of amides is 2. The number of piperidine rings is 1. The van der Waals surface area contributed by atoms with Gasteiger partial charge in [-0.1, -0.05) is 49.4 Å². The van der Waals surface area contributed by atoms with Crippen molar-refractivity contribution >= 4 is 17.5 Å². The molecule has 1 fully saturated rings. The molecular formula is C24H30N2O3. The van der Waals surface area contributed by atoms with Crippen molar-refractivity contribution in [2.24, 2.45) is 5.92 Å². The number of nitrogens with zero attached hydrogens (tertiary/aromatic N) is 1. The average Bonchev–Trinajstić information content (AvgIpc) is 2.76. The Hall–Kier alpha value is -2.82. The van der Waals surface area contributed by atoms with Gasteiger partial charge in [0.05, 0.1) is 18.2 Å². The molecule has 0 radical (unpaired) electrons. The van der Waals surface area contributed by atoms with Crippen molar-refractivity contribution in [3.8, 4) is 5.75 Å². The highest BCUT2D eigenvalue weighted by Gasteiger charge is 2.28. The Balaban J connectivity index is 1.56. The number of ether oxygens (including phenoxy) is 1. The lowest BCUT2D eigenvalue weighted by Gasteiger charge is -2.32. The summed E-state index contributed by atoms with van der Waals surface area (Å²) in [6, 6.07) is 17.7. The molecule has 2 amide bonds. The van der Waals surface area contributed by atoms with Gasteiger partial charge in [0, 0.05) is 25.9 Å². The van der Waals surface area contributed by atoms with Crippen LogP contribution in [0.25, 0.3) is 0 Å². The molecule has 154 valence electrons. The number of para-hydroxylation sites is 2. The van der Waals surface area contributed by atoms with Gasteiger partial charge in [-0.05, 0) is 37.0 Å². The molecule has 2 aromatic rings. The first-order chi connectivity index (χ1) is 14.2. The Morgan fingerprint density at radius 3 is 2.66 bits per heavy atom. The van der Waals surface area contributed by atoms with Gasteiger partial charge < -0.3 is 15.0 Å². The second-order valence-corrected chi connectivity index (χ2v) is 7.50. The van der Waals surface area contributed by atoms with Gasteiger partial charge in [-0.25, -0.2) is 0 Å². The molecule has 0 saturated carbocycles. The van der Waals surface area contributed by atoms with Crippen molar-refractivity contribution in [2.45, 2.75) is 39.0 Å². The molecule has 1 atom stereocenters. The zero-order valence-corrected chi connectivity index (χ0v) is 17.1. The Morgan fingerprint density at radius 2 is 1.86 bits per heavy atom. The van der Waals surface area contributed by atoms with E-state index in [1.165, 1.54) is 5.56 Å². The van der Waals surface area contributed by atoms with E-state index in [1.54, 1.807) is 0 Å². The summed E-state index contributed by atoms with van der Waals surface area (Å²) in [6.45, 7) is 3.80. The Bertz CT molecular complexity index is 807. The van der Waals surface area contributed by atoms with E-state index in [4.69, 9.17) is 4.74 Å². The van der Waals surface area contributed by atoms with E-state index in [9.17, 15) is 9.59 Å². The molecule has 1 N–H and O–H groups in total. The van der Waals surface area contributed by atoms with Crippen LogP contribution in [0.15, 0.2) is 54.6 Å². The number of anilines is 1. The van der Waals surface area contributed by atoms with Gasteiger partial charge in [0.25, 0.3) is 0 Å². The summed E-state index contributed by atoms with van der Waals surface area (Å²) < 4.78 is 5.94. The summed E-state index contributed by atoms with van der Waals surface area (Å²) in [5, 5.41) is 3.02. The standard InChI is InChI=1S/C24H30N2O3/c1-2-9-23(27)26-16-8-12-20(18-26)24(28)25-21-13-6-7-14-22(21)29-17-15-19-10-4-3-5-11-19/h3-7,10-11,13-14,20H,2,8-9,12,15-18H2,1H3,(H,25,28). The fourth-order valence-electron chi connectivity index (χ4n) is 3.64. The number of likely N-dealkylation sites (tertiary alicyclic amines) is 1. The molecule has 1 heterocycles. The summed E-state index contributed by atoms with van der Waals surface area (Å²) in [6.07, 6.45) is 3.86. The molecule has 0 aromatic heterocycles. The van der Waals surface area contributed by atoms with Crippen LogP contribution in [-0.4, -0.2) is 36.4 Å². The van der Waals surface area contributed by atoms with Crippen molar-refractivity contribution < 1.29 is 14.3 Å². The van der Waals surface area contributed by atoms with E-state index in [0.717, 1.165) is 32.2 Å². The molecule has 0 bridgehead atoms. The lowest BCUT2D eigenvalue weighted by atomic mass is 9.96. The van der Waals surface area contributed by atoms with E-state index in [0.29, 0.717) is 31.0 Å². The van der Waals surface area contributed by atoms with Crippen LogP contribution < -0.4 is 10.1 Å². The van der Waals surface area contributed by atoms with E-state index in [-0.39, 0.29) is 17.7 Å². The summed E-state index contributed by atoms with van der Waals surface area (Å²) >= 11 is 0. The van der Waals surface area contributed by atoms with Gasteiger partial charge in [0.2, 0.25) is 11.8 Å². The molecule has 0 aliphatic carbocycles. The van der Waals surface area contributed by atoms with E-state index >= 15 is 0 Å². The minimum Gasteiger partial charge on any atom is -0.491 e. The Labute approximate surface area is 173 Å². The van der Waals surface area contributed by atoms with Crippen molar-refractivity contribution in [1.29, 1.82) is 0 Å². The maximum absolute atomic E-state index is 12.8. The molecule has 3 rings (SSSR count). The molecule has 0 spiro atoms. The molecule has 1 aliphatic heterocycles. The predicted octanol–water partition coefficient (Wildman–Crippen LogP) is 4.29. The second-order valence-electron chi connectivity index (χ2n) is 7.50. The van der Waals surface area contributed by atoms with E-state index < -0.39 is 0 Å². The highest BCUT2D eigenvalue weighted by molar-refractivity contribution is 5.94. The fraction of sp³-hybridized carbons (Fsp3) is 0.417. The average molecular weight is 395 g/mol. The molecule has 5 heteroatoms. The van der Waals surface area contributed by atoms with Crippen LogP contribution in [0.1, 0.15) is 38.2 Å². The van der Waals surface area contributed by atoms with Crippen molar-refractivity contribution in [1.82, 2.24) is 4.90 Å². The van der Waals surface area contributed by atoms with Gasteiger partial charge in [0.15, 0.2) is 0 Å². The van der Waals surface area contributed by atoms with Crippen LogP contribution in [0.3, 0.4) is 0 Å². The zero-order chi connectivity index (χ0) is 20.5. The maximum Gasteiger partial charge on any atom is 0.229 e. The van der Waals surface area contributed by atoms with Gasteiger partial charge in [-0.3, -0.25) is 9.59 Å². The zero-order valence-electron chi connectivity index (χ0n) is 17.1. The molecule has 2 aromatic carbocycles. The van der Waals surface area contributed by atoms with Crippen LogP contribution in [0.2, 0.25) is 0 Å². The summed E-state index contributed by atoms with van der Waals surface area (Å²) in [5.41, 5.74) is 1.90. The number of nitrogens with one attached hydrogen (secondary N) is 1. The van der Waals surface area contributed by atoms with Crippen LogP contribution in [0.5, 0.6) is 5.75 Å². The van der Waals surface area contributed by atoms with Crippen LogP contribution in [0, 0.1) is 5.92 Å². The van der Waals surface area contributed by atoms with Gasteiger partial charge in [-0.15, -0.1) is 0 Å². The summed E-state index contributed by atoms with van der Waals surface area (Å²) in [4.78, 5) is 26.9. The quantitative estimate of drug-likeness (QED) is 0.727. The van der Waals surface area contributed by atoms with Crippen LogP contribution in [0.4, 0.5) is 5.69 Å². The van der Waals surface area contributed by atoms with Crippen molar-refractivity contribution in [3.05, 3.63) is 60.2 Å². The third-order valence-electron chi connectivity index (χ3n) is 5.24. The molecule has 1 aliphatic rings. The number of carbonyl (C=O) groups excluding carboxylic acids is 2. The van der Waals surface area contributed by atoms with Crippen molar-refractivity contribution in [3.63, 3.8) is 0 Å². The SMILES string of the molecule is CCCC(=O)N1CCCC(C(=O)Nc2ccccc2OCCc2ccccc2)C1. The lowest BCUT2D eigenvalue weighted by Crippen LogP contribution is -2.43. The monoisotopic (exact) mass is 394 g/mol. The first-order valence-corrected chi connectivity index (χ1v) is 10.5. The topological polar surface area (TPSA) is 58.6 Å². The summed E-state index contributed by atoms with van der Waals surface area (Å²) in [7, 11) is 0. The molecule has 5 nitrogen and oxygen atoms in total. The van der Waals surface area contributed by atoms with E-state index in [2.05, 4.69) is 17.4 Å². The summed E-state index contributed by atoms with van der Waals surface area (Å²) in [5.74, 6) is 0.598. The predicted molar refractivity (Wildman–Crippen MR) is 115 cm³/mol. The maximum atomic E-state index is 12.8. The molecule has 29 heavy (non-hydrogen) atoms. The van der Waals surface area contributed by atoms with Gasteiger partial charge >= 0.3 is 0 Å². The minimum absolute atomic E-state index is 0.0434. The minimum atomic E-state index is -0.179. The molecule has 1 unspecified atom stereocenters. The van der Waals surface area contributed by atoms with Gasteiger partial charge in [-0.2, -0.15) is 0 Å². The normalized spacial score (nSPS) is 16.3. The lowest BCUT2D eigenvalue weighted by molar-refractivity contribution is -0.134. The van der Waals surface area contributed by atoms with Gasteiger partial charge in [0.1, 0.15) is 5.75 Å². The molecular weight excluding hydrogens is 364 g/mol. The number of rotatable bonds is 8. The number of benzene rings is 2. The van der Waals surface area contributed by atoms with E-state index in [1.807, 2.05) is 54.3 Å². The van der Waals surface area contributed by atoms with Crippen LogP contribution >= 0.6 is 0 Å². The number of hydrogen-bond acceptors (Lipinski definition) is 3. The Morgan fingerprint density at radius 1 is 1.10 bits per heavy atom. The Kier molecular flexibility index (Phi) is 7.68. The largest absolute Gasteiger partial charge is 0.491 e. The third kappa shape index (κ3) is 6.08. The second kappa shape index (κ2) is 10.6. The number of hydrogen-bond donors (Lipinski definition) is 1. The fourth-order valence-corrected chi connectivity index (χ4v) is 3.64. The molecule has 1 saturated heterocycles. The highest BCUT2D eigenvalue weighted by atomic mass is 16.5. The third-order valence-corrected chi connectivity index (χ3v) is 5.24. The first-order valence-electron chi connectivity index (χ1n) is 10.5. The number of carbonyl (C=O) groups is 2.